The fraction of sp³-hybridized carbons (Fsp3) is 0.444. The van der Waals surface area contributed by atoms with E-state index in [9.17, 15) is 0 Å². The molecule has 0 bridgehead atoms. The second-order valence-corrected chi connectivity index (χ2v) is 5.60. The van der Waals surface area contributed by atoms with Crippen molar-refractivity contribution in [2.24, 2.45) is 4.99 Å². The van der Waals surface area contributed by atoms with E-state index in [1.807, 2.05) is 25.3 Å². The lowest BCUT2D eigenvalue weighted by Crippen LogP contribution is -2.33. The molecule has 3 nitrogen and oxygen atoms in total. The van der Waals surface area contributed by atoms with Gasteiger partial charge in [0.15, 0.2) is 0 Å². The largest absolute Gasteiger partial charge is 0.309 e. The number of hydrogen-bond acceptors (Lipinski definition) is 3. The molecule has 1 N–H and O–H groups in total. The smallest absolute Gasteiger partial charge is 0.0664 e. The van der Waals surface area contributed by atoms with Crippen LogP contribution < -0.4 is 5.32 Å². The molecule has 1 atom stereocenters. The van der Waals surface area contributed by atoms with Crippen LogP contribution in [-0.2, 0) is 0 Å². The highest BCUT2D eigenvalue weighted by Gasteiger charge is 2.06. The number of rotatable bonds is 1. The molecule has 1 aromatic heterocycles. The Labute approximate surface area is 127 Å². The zero-order chi connectivity index (χ0) is 15.1. The highest BCUT2D eigenvalue weighted by Crippen LogP contribution is 2.19. The SMILES string of the molecule is CC1=NC=CC=C(c2cccc(C)n2)CCCCNC1C. The monoisotopic (exact) mass is 283 g/mol. The molecule has 0 amide bonds. The Kier molecular flexibility index (Phi) is 5.88. The van der Waals surface area contributed by atoms with Crippen molar-refractivity contribution in [3.05, 3.63) is 47.9 Å². The Hall–Kier alpha value is -1.74. The van der Waals surface area contributed by atoms with Crippen LogP contribution in [0.25, 0.3) is 5.57 Å². The van der Waals surface area contributed by atoms with Crippen molar-refractivity contribution in [1.29, 1.82) is 0 Å². The first-order valence-corrected chi connectivity index (χ1v) is 7.74. The van der Waals surface area contributed by atoms with E-state index in [1.165, 1.54) is 18.4 Å². The molecule has 1 aliphatic rings. The molecule has 1 aromatic rings. The number of pyridine rings is 1. The first kappa shape index (κ1) is 15.6. The van der Waals surface area contributed by atoms with Gasteiger partial charge in [-0.15, -0.1) is 0 Å². The molecule has 0 fully saturated rings. The van der Waals surface area contributed by atoms with E-state index in [0.29, 0.717) is 6.04 Å². The van der Waals surface area contributed by atoms with Gasteiger partial charge in [-0.25, -0.2) is 0 Å². The summed E-state index contributed by atoms with van der Waals surface area (Å²) in [5.74, 6) is 0. The van der Waals surface area contributed by atoms with Crippen LogP contribution in [0.15, 0.2) is 41.5 Å². The van der Waals surface area contributed by atoms with Gasteiger partial charge in [0.05, 0.1) is 5.69 Å². The maximum Gasteiger partial charge on any atom is 0.0664 e. The van der Waals surface area contributed by atoms with Crippen LogP contribution in [0.2, 0.25) is 0 Å². The van der Waals surface area contributed by atoms with Gasteiger partial charge >= 0.3 is 0 Å². The molecule has 112 valence electrons. The molecule has 0 aromatic carbocycles. The fourth-order valence-corrected chi connectivity index (χ4v) is 2.36. The molecule has 0 spiro atoms. The van der Waals surface area contributed by atoms with Gasteiger partial charge in [0.25, 0.3) is 0 Å². The molecule has 1 aliphatic heterocycles. The van der Waals surface area contributed by atoms with E-state index in [0.717, 1.165) is 30.1 Å². The number of nitrogens with zero attached hydrogens (tertiary/aromatic N) is 2. The normalized spacial score (nSPS) is 21.0. The van der Waals surface area contributed by atoms with Crippen LogP contribution >= 0.6 is 0 Å². The Morgan fingerprint density at radius 1 is 1.19 bits per heavy atom. The van der Waals surface area contributed by atoms with Crippen LogP contribution in [0, 0.1) is 6.92 Å². The average molecular weight is 283 g/mol. The summed E-state index contributed by atoms with van der Waals surface area (Å²) in [7, 11) is 0. The highest BCUT2D eigenvalue weighted by molar-refractivity contribution is 5.87. The Bertz CT molecular complexity index is 555. The summed E-state index contributed by atoms with van der Waals surface area (Å²) in [6.45, 7) is 7.30. The van der Waals surface area contributed by atoms with Crippen molar-refractivity contribution in [1.82, 2.24) is 10.3 Å². The highest BCUT2D eigenvalue weighted by atomic mass is 14.9. The number of allylic oxidation sites excluding steroid dienone is 3. The molecular formula is C18H25N3. The standard InChI is InChI=1S/C18H25N3/c1-14-8-6-11-18(21-14)17-9-4-5-12-19-15(2)16(3)20-13-7-10-17/h6-8,10-11,13,15,19H,4-5,9,12H2,1-3H3. The number of aromatic nitrogens is 1. The summed E-state index contributed by atoms with van der Waals surface area (Å²) in [5.41, 5.74) is 4.55. The second kappa shape index (κ2) is 7.89. The second-order valence-electron chi connectivity index (χ2n) is 5.60. The lowest BCUT2D eigenvalue weighted by Gasteiger charge is -2.14. The van der Waals surface area contributed by atoms with Gasteiger partial charge in [-0.05, 0) is 70.4 Å². The van der Waals surface area contributed by atoms with Crippen LogP contribution in [0.5, 0.6) is 0 Å². The van der Waals surface area contributed by atoms with Crippen molar-refractivity contribution >= 4 is 11.3 Å². The van der Waals surface area contributed by atoms with Gasteiger partial charge in [-0.2, -0.15) is 0 Å². The van der Waals surface area contributed by atoms with Crippen LogP contribution in [-0.4, -0.2) is 23.3 Å². The van der Waals surface area contributed by atoms with Gasteiger partial charge in [-0.1, -0.05) is 12.1 Å². The van der Waals surface area contributed by atoms with E-state index < -0.39 is 0 Å². The number of nitrogens with one attached hydrogen (secondary N) is 1. The summed E-state index contributed by atoms with van der Waals surface area (Å²) in [6, 6.07) is 6.54. The summed E-state index contributed by atoms with van der Waals surface area (Å²) < 4.78 is 0. The zero-order valence-electron chi connectivity index (χ0n) is 13.3. The average Bonchev–Trinajstić information content (AvgIpc) is 2.47. The van der Waals surface area contributed by atoms with E-state index in [1.54, 1.807) is 0 Å². The minimum atomic E-state index is 0.343. The lowest BCUT2D eigenvalue weighted by atomic mass is 10.0. The molecular weight excluding hydrogens is 258 g/mol. The molecule has 2 heterocycles. The minimum Gasteiger partial charge on any atom is -0.309 e. The van der Waals surface area contributed by atoms with Gasteiger partial charge in [0.2, 0.25) is 0 Å². The number of aryl methyl sites for hydroxylation is 1. The lowest BCUT2D eigenvalue weighted by molar-refractivity contribution is 0.607. The van der Waals surface area contributed by atoms with E-state index >= 15 is 0 Å². The van der Waals surface area contributed by atoms with Gasteiger partial charge < -0.3 is 5.32 Å². The number of hydrogen-bond donors (Lipinski definition) is 1. The Morgan fingerprint density at radius 2 is 2.05 bits per heavy atom. The van der Waals surface area contributed by atoms with Crippen LogP contribution in [0.1, 0.15) is 44.5 Å². The summed E-state index contributed by atoms with van der Waals surface area (Å²) >= 11 is 0. The number of aliphatic imine (C=N–C) groups is 1. The topological polar surface area (TPSA) is 37.3 Å². The predicted molar refractivity (Wildman–Crippen MR) is 90.5 cm³/mol. The van der Waals surface area contributed by atoms with Crippen molar-refractivity contribution in [3.8, 4) is 0 Å². The quantitative estimate of drug-likeness (QED) is 0.848. The molecule has 0 aliphatic carbocycles. The first-order chi connectivity index (χ1) is 10.2. The molecule has 3 heteroatoms. The third-order valence-electron chi connectivity index (χ3n) is 3.83. The van der Waals surface area contributed by atoms with Crippen molar-refractivity contribution in [3.63, 3.8) is 0 Å². The third-order valence-corrected chi connectivity index (χ3v) is 3.83. The Morgan fingerprint density at radius 3 is 2.86 bits per heavy atom. The Balaban J connectivity index is 2.23. The van der Waals surface area contributed by atoms with Gasteiger partial charge in [-0.3, -0.25) is 9.98 Å². The summed E-state index contributed by atoms with van der Waals surface area (Å²) in [4.78, 5) is 9.13. The molecule has 1 unspecified atom stereocenters. The minimum absolute atomic E-state index is 0.343. The molecule has 21 heavy (non-hydrogen) atoms. The van der Waals surface area contributed by atoms with Gasteiger partial charge in [0, 0.05) is 23.6 Å². The van der Waals surface area contributed by atoms with Crippen LogP contribution in [0.3, 0.4) is 0 Å². The van der Waals surface area contributed by atoms with Crippen LogP contribution in [0.4, 0.5) is 0 Å². The summed E-state index contributed by atoms with van der Waals surface area (Å²) in [5, 5.41) is 3.51. The maximum atomic E-state index is 4.64. The van der Waals surface area contributed by atoms with E-state index in [4.69, 9.17) is 0 Å². The van der Waals surface area contributed by atoms with Gasteiger partial charge in [0.1, 0.15) is 0 Å². The fourth-order valence-electron chi connectivity index (χ4n) is 2.36. The zero-order valence-corrected chi connectivity index (χ0v) is 13.3. The maximum absolute atomic E-state index is 4.64. The van der Waals surface area contributed by atoms with Crippen molar-refractivity contribution in [2.45, 2.75) is 46.1 Å². The van der Waals surface area contributed by atoms with E-state index in [2.05, 4.69) is 47.3 Å². The molecule has 0 radical (unpaired) electrons. The van der Waals surface area contributed by atoms with E-state index in [-0.39, 0.29) is 0 Å². The first-order valence-electron chi connectivity index (χ1n) is 7.74. The molecule has 0 saturated carbocycles. The third kappa shape index (κ3) is 4.94. The predicted octanol–water partition coefficient (Wildman–Crippen LogP) is 3.91. The molecule has 2 rings (SSSR count). The molecule has 0 saturated heterocycles. The van der Waals surface area contributed by atoms with Crippen molar-refractivity contribution in [2.75, 3.05) is 6.54 Å². The summed E-state index contributed by atoms with van der Waals surface area (Å²) in [6.07, 6.45) is 9.45. The van der Waals surface area contributed by atoms with Crippen molar-refractivity contribution < 1.29 is 0 Å².